The Morgan fingerprint density at radius 1 is 1.22 bits per heavy atom. The molecule has 1 radical (unpaired) electrons. The van der Waals surface area contributed by atoms with Crippen LogP contribution in [0, 0.1) is 0 Å². The van der Waals surface area contributed by atoms with Gasteiger partial charge in [0.05, 0.1) is 5.54 Å². The number of nitrogens with zero attached hydrogens (tertiary/aromatic N) is 1. The molecule has 0 N–H and O–H groups in total. The molecule has 0 saturated carbocycles. The van der Waals surface area contributed by atoms with E-state index in [9.17, 15) is 0 Å². The molecule has 0 saturated heterocycles. The van der Waals surface area contributed by atoms with Gasteiger partial charge in [0.15, 0.2) is 0 Å². The van der Waals surface area contributed by atoms with Gasteiger partial charge in [-0.3, -0.25) is 4.99 Å². The SMILES string of the molecule is CC1(C)N=[C]SC1(C)C. The minimum absolute atomic E-state index is 0.0671. The highest BCUT2D eigenvalue weighted by molar-refractivity contribution is 8.13. The second-order valence-corrected chi connectivity index (χ2v) is 4.78. The zero-order valence-electron chi connectivity index (χ0n) is 6.36. The predicted octanol–water partition coefficient (Wildman–Crippen LogP) is 2.20. The van der Waals surface area contributed by atoms with E-state index in [4.69, 9.17) is 0 Å². The lowest BCUT2D eigenvalue weighted by Gasteiger charge is -2.30. The second-order valence-electron chi connectivity index (χ2n) is 3.37. The molecule has 0 aromatic heterocycles. The molecule has 1 aliphatic rings. The van der Waals surface area contributed by atoms with E-state index < -0.39 is 0 Å². The van der Waals surface area contributed by atoms with Gasteiger partial charge in [-0.1, -0.05) is 11.8 Å². The highest BCUT2D eigenvalue weighted by Gasteiger charge is 2.40. The third-order valence-corrected chi connectivity index (χ3v) is 3.29. The summed E-state index contributed by atoms with van der Waals surface area (Å²) in [5.74, 6) is 0. The lowest BCUT2D eigenvalue weighted by molar-refractivity contribution is 0.426. The summed E-state index contributed by atoms with van der Waals surface area (Å²) in [5.41, 5.74) is 3.01. The highest BCUT2D eigenvalue weighted by atomic mass is 32.2. The van der Waals surface area contributed by atoms with Gasteiger partial charge in [-0.25, -0.2) is 0 Å². The third-order valence-electron chi connectivity index (χ3n) is 2.10. The van der Waals surface area contributed by atoms with Crippen LogP contribution >= 0.6 is 11.8 Å². The van der Waals surface area contributed by atoms with Gasteiger partial charge in [0.2, 0.25) is 0 Å². The number of hydrogen-bond donors (Lipinski definition) is 0. The lowest BCUT2D eigenvalue weighted by atomic mass is 9.91. The highest BCUT2D eigenvalue weighted by Crippen LogP contribution is 2.41. The van der Waals surface area contributed by atoms with Gasteiger partial charge in [-0.2, -0.15) is 0 Å². The molecule has 51 valence electrons. The third kappa shape index (κ3) is 1.00. The zero-order chi connectivity index (χ0) is 7.12. The fourth-order valence-corrected chi connectivity index (χ4v) is 1.31. The molecular formula is C7H12NS. The maximum absolute atomic E-state index is 4.23. The van der Waals surface area contributed by atoms with Crippen LogP contribution in [0.1, 0.15) is 27.7 Å². The minimum atomic E-state index is 0.0671. The summed E-state index contributed by atoms with van der Waals surface area (Å²) in [5, 5.41) is 0. The molecule has 2 heteroatoms. The first-order valence-electron chi connectivity index (χ1n) is 3.11. The molecule has 1 aliphatic heterocycles. The summed E-state index contributed by atoms with van der Waals surface area (Å²) in [6, 6.07) is 0. The van der Waals surface area contributed by atoms with Crippen LogP contribution in [0.4, 0.5) is 0 Å². The lowest BCUT2D eigenvalue weighted by Crippen LogP contribution is -2.36. The van der Waals surface area contributed by atoms with Crippen molar-refractivity contribution in [1.82, 2.24) is 0 Å². The number of rotatable bonds is 0. The van der Waals surface area contributed by atoms with Gasteiger partial charge in [0, 0.05) is 4.75 Å². The monoisotopic (exact) mass is 142 g/mol. The number of aliphatic imine (C=N–C) groups is 1. The van der Waals surface area contributed by atoms with E-state index in [0.29, 0.717) is 0 Å². The first kappa shape index (κ1) is 7.13. The van der Waals surface area contributed by atoms with Crippen LogP contribution < -0.4 is 0 Å². The van der Waals surface area contributed by atoms with Crippen LogP contribution in [0.15, 0.2) is 4.99 Å². The Kier molecular flexibility index (Phi) is 1.39. The van der Waals surface area contributed by atoms with Gasteiger partial charge >= 0.3 is 0 Å². The number of hydrogen-bond acceptors (Lipinski definition) is 2. The molecule has 0 amide bonds. The van der Waals surface area contributed by atoms with Gasteiger partial charge in [-0.05, 0) is 27.7 Å². The fraction of sp³-hybridized carbons (Fsp3) is 0.857. The van der Waals surface area contributed by atoms with Crippen molar-refractivity contribution in [2.45, 2.75) is 38.0 Å². The van der Waals surface area contributed by atoms with Crippen LogP contribution in [0.25, 0.3) is 0 Å². The van der Waals surface area contributed by atoms with Crippen molar-refractivity contribution in [3.8, 4) is 0 Å². The second kappa shape index (κ2) is 1.75. The molecule has 0 fully saturated rings. The summed E-state index contributed by atoms with van der Waals surface area (Å²) < 4.78 is 0.229. The molecular weight excluding hydrogens is 130 g/mol. The molecule has 0 atom stereocenters. The van der Waals surface area contributed by atoms with Crippen molar-refractivity contribution in [2.24, 2.45) is 4.99 Å². The van der Waals surface area contributed by atoms with Gasteiger partial charge < -0.3 is 0 Å². The minimum Gasteiger partial charge on any atom is -0.268 e. The Morgan fingerprint density at radius 3 is 1.89 bits per heavy atom. The van der Waals surface area contributed by atoms with E-state index in [1.165, 1.54) is 0 Å². The smallest absolute Gasteiger partial charge is 0.124 e. The van der Waals surface area contributed by atoms with E-state index in [2.05, 4.69) is 38.2 Å². The van der Waals surface area contributed by atoms with Crippen molar-refractivity contribution in [2.75, 3.05) is 0 Å². The maximum atomic E-state index is 4.23. The molecule has 0 aliphatic carbocycles. The maximum Gasteiger partial charge on any atom is 0.124 e. The number of thioether (sulfide) groups is 1. The van der Waals surface area contributed by atoms with Crippen LogP contribution in [0.5, 0.6) is 0 Å². The summed E-state index contributed by atoms with van der Waals surface area (Å²) in [4.78, 5) is 4.23. The molecule has 0 aromatic rings. The Morgan fingerprint density at radius 2 is 1.78 bits per heavy atom. The zero-order valence-corrected chi connectivity index (χ0v) is 7.17. The van der Waals surface area contributed by atoms with E-state index in [1.54, 1.807) is 11.8 Å². The van der Waals surface area contributed by atoms with E-state index in [0.717, 1.165) is 0 Å². The average Bonchev–Trinajstić information content (AvgIpc) is 1.81. The molecule has 1 heterocycles. The molecule has 9 heavy (non-hydrogen) atoms. The summed E-state index contributed by atoms with van der Waals surface area (Å²) in [6.45, 7) is 8.67. The Bertz CT molecular complexity index is 147. The van der Waals surface area contributed by atoms with Crippen LogP contribution in [-0.4, -0.2) is 15.8 Å². The van der Waals surface area contributed by atoms with Crippen molar-refractivity contribution >= 4 is 17.3 Å². The first-order chi connectivity index (χ1) is 3.96. The fourth-order valence-electron chi connectivity index (χ4n) is 0.511. The largest absolute Gasteiger partial charge is 0.268 e. The molecule has 0 spiro atoms. The van der Waals surface area contributed by atoms with Crippen LogP contribution in [-0.2, 0) is 0 Å². The van der Waals surface area contributed by atoms with Crippen molar-refractivity contribution in [3.05, 3.63) is 0 Å². The first-order valence-corrected chi connectivity index (χ1v) is 3.92. The van der Waals surface area contributed by atoms with E-state index in [1.807, 2.05) is 0 Å². The quantitative estimate of drug-likeness (QED) is 0.505. The summed E-state index contributed by atoms with van der Waals surface area (Å²) >= 11 is 1.69. The topological polar surface area (TPSA) is 12.4 Å². The van der Waals surface area contributed by atoms with Crippen LogP contribution in [0.2, 0.25) is 0 Å². The molecule has 1 nitrogen and oxygen atoms in total. The van der Waals surface area contributed by atoms with Gasteiger partial charge in [0.1, 0.15) is 5.55 Å². The Balaban J connectivity index is 2.84. The molecule has 1 rings (SSSR count). The van der Waals surface area contributed by atoms with Crippen molar-refractivity contribution < 1.29 is 0 Å². The Labute approximate surface area is 60.9 Å². The average molecular weight is 142 g/mol. The molecule has 0 bridgehead atoms. The molecule has 0 aromatic carbocycles. The van der Waals surface area contributed by atoms with E-state index >= 15 is 0 Å². The van der Waals surface area contributed by atoms with Crippen molar-refractivity contribution in [1.29, 1.82) is 0 Å². The van der Waals surface area contributed by atoms with Gasteiger partial charge in [0.25, 0.3) is 0 Å². The Hall–Kier alpha value is 0.0200. The summed E-state index contributed by atoms with van der Waals surface area (Å²) in [6.07, 6.45) is 0. The summed E-state index contributed by atoms with van der Waals surface area (Å²) in [7, 11) is 0. The van der Waals surface area contributed by atoms with Crippen molar-refractivity contribution in [3.63, 3.8) is 0 Å². The van der Waals surface area contributed by atoms with E-state index in [-0.39, 0.29) is 10.3 Å². The van der Waals surface area contributed by atoms with Crippen LogP contribution in [0.3, 0.4) is 0 Å². The predicted molar refractivity (Wildman–Crippen MR) is 43.2 cm³/mol. The van der Waals surface area contributed by atoms with Gasteiger partial charge in [-0.15, -0.1) is 0 Å². The molecule has 0 unspecified atom stereocenters. The normalized spacial score (nSPS) is 28.9. The standard InChI is InChI=1S/C7H12NS/c1-6(2)7(3,4)9-5-8-6/h1-4H3.